The Kier molecular flexibility index (Phi) is 4.77. The minimum absolute atomic E-state index is 0.0663. The number of ether oxygens (including phenoxy) is 2. The van der Waals surface area contributed by atoms with Gasteiger partial charge in [-0.1, -0.05) is 17.7 Å². The topological polar surface area (TPSA) is 52.6 Å². The number of carbonyl (C=O) groups is 2. The zero-order valence-electron chi connectivity index (χ0n) is 11.9. The van der Waals surface area contributed by atoms with Crippen LogP contribution in [-0.2, 0) is 14.3 Å². The van der Waals surface area contributed by atoms with Crippen LogP contribution < -0.4 is 4.74 Å². The Morgan fingerprint density at radius 3 is 1.95 bits per heavy atom. The van der Waals surface area contributed by atoms with Crippen LogP contribution in [0.15, 0.2) is 24.3 Å². The van der Waals surface area contributed by atoms with Crippen molar-refractivity contribution < 1.29 is 19.1 Å². The average Bonchev–Trinajstić information content (AvgIpc) is 2.49. The van der Waals surface area contributed by atoms with Crippen LogP contribution in [0.2, 0.25) is 0 Å². The van der Waals surface area contributed by atoms with Crippen LogP contribution in [0.1, 0.15) is 31.2 Å². The van der Waals surface area contributed by atoms with Gasteiger partial charge in [0, 0.05) is 0 Å². The van der Waals surface area contributed by atoms with Gasteiger partial charge in [0.15, 0.2) is 0 Å². The summed E-state index contributed by atoms with van der Waals surface area (Å²) in [5, 5.41) is 0. The van der Waals surface area contributed by atoms with Crippen molar-refractivity contribution in [3.05, 3.63) is 29.8 Å². The maximum Gasteiger partial charge on any atom is 0.314 e. The second-order valence-electron chi connectivity index (χ2n) is 5.31. The molecule has 20 heavy (non-hydrogen) atoms. The molecule has 4 nitrogen and oxygen atoms in total. The molecule has 0 amide bonds. The van der Waals surface area contributed by atoms with E-state index >= 15 is 0 Å². The lowest BCUT2D eigenvalue weighted by atomic mass is 9.82. The largest absolute Gasteiger partial charge is 0.469 e. The first-order chi connectivity index (χ1) is 9.60. The maximum atomic E-state index is 12.1. The third kappa shape index (κ3) is 3.59. The summed E-state index contributed by atoms with van der Waals surface area (Å²) in [5.41, 5.74) is 1.13. The minimum atomic E-state index is -0.197. The van der Waals surface area contributed by atoms with E-state index in [0.29, 0.717) is 31.4 Å². The molecule has 1 aliphatic rings. The Labute approximate surface area is 119 Å². The third-order valence-electron chi connectivity index (χ3n) is 3.83. The molecular weight excluding hydrogens is 256 g/mol. The average molecular weight is 276 g/mol. The summed E-state index contributed by atoms with van der Waals surface area (Å²) < 4.78 is 10.1. The van der Waals surface area contributed by atoms with Gasteiger partial charge >= 0.3 is 11.9 Å². The van der Waals surface area contributed by atoms with Gasteiger partial charge in [0.1, 0.15) is 5.75 Å². The summed E-state index contributed by atoms with van der Waals surface area (Å²) in [4.78, 5) is 23.5. The Morgan fingerprint density at radius 1 is 0.950 bits per heavy atom. The van der Waals surface area contributed by atoms with E-state index in [-0.39, 0.29) is 23.8 Å². The lowest BCUT2D eigenvalue weighted by Gasteiger charge is -2.25. The fourth-order valence-electron chi connectivity index (χ4n) is 2.54. The number of benzene rings is 1. The van der Waals surface area contributed by atoms with Gasteiger partial charge in [-0.15, -0.1) is 0 Å². The van der Waals surface area contributed by atoms with Crippen molar-refractivity contribution in [2.45, 2.75) is 32.6 Å². The van der Waals surface area contributed by atoms with Crippen LogP contribution in [0, 0.1) is 18.8 Å². The van der Waals surface area contributed by atoms with Gasteiger partial charge in [0.25, 0.3) is 0 Å². The second kappa shape index (κ2) is 6.55. The van der Waals surface area contributed by atoms with E-state index in [1.165, 1.54) is 7.11 Å². The molecule has 0 spiro atoms. The van der Waals surface area contributed by atoms with Gasteiger partial charge in [0.2, 0.25) is 0 Å². The zero-order valence-corrected chi connectivity index (χ0v) is 11.9. The molecule has 1 fully saturated rings. The predicted molar refractivity (Wildman–Crippen MR) is 74.3 cm³/mol. The second-order valence-corrected chi connectivity index (χ2v) is 5.31. The van der Waals surface area contributed by atoms with E-state index in [9.17, 15) is 9.59 Å². The molecule has 0 radical (unpaired) electrons. The van der Waals surface area contributed by atoms with Gasteiger partial charge in [-0.3, -0.25) is 9.59 Å². The highest BCUT2D eigenvalue weighted by Gasteiger charge is 2.31. The number of carbonyl (C=O) groups excluding carboxylic acids is 2. The lowest BCUT2D eigenvalue weighted by molar-refractivity contribution is -0.149. The van der Waals surface area contributed by atoms with E-state index in [2.05, 4.69) is 0 Å². The van der Waals surface area contributed by atoms with Gasteiger partial charge in [-0.05, 0) is 44.7 Å². The van der Waals surface area contributed by atoms with E-state index in [4.69, 9.17) is 9.47 Å². The Hall–Kier alpha value is -1.84. The predicted octanol–water partition coefficient (Wildman–Crippen LogP) is 2.88. The summed E-state index contributed by atoms with van der Waals surface area (Å²) in [5.74, 6) is 0.0313. The van der Waals surface area contributed by atoms with Gasteiger partial charge in [-0.2, -0.15) is 0 Å². The molecule has 4 heteroatoms. The number of rotatable bonds is 3. The van der Waals surface area contributed by atoms with Crippen molar-refractivity contribution in [3.8, 4) is 5.75 Å². The zero-order chi connectivity index (χ0) is 14.5. The minimum Gasteiger partial charge on any atom is -0.469 e. The van der Waals surface area contributed by atoms with Crippen molar-refractivity contribution in [3.63, 3.8) is 0 Å². The molecule has 0 saturated heterocycles. The molecule has 0 aliphatic heterocycles. The summed E-state index contributed by atoms with van der Waals surface area (Å²) in [7, 11) is 1.40. The Bertz CT molecular complexity index is 470. The highest BCUT2D eigenvalue weighted by atomic mass is 16.5. The van der Waals surface area contributed by atoms with E-state index in [0.717, 1.165) is 5.56 Å². The number of esters is 2. The standard InChI is InChI=1S/C16H20O4/c1-11-3-9-14(10-4-11)20-16(18)13-7-5-12(6-8-13)15(17)19-2/h3-4,9-10,12-13H,5-8H2,1-2H3. The molecule has 0 heterocycles. The molecular formula is C16H20O4. The number of hydrogen-bond acceptors (Lipinski definition) is 4. The number of hydrogen-bond donors (Lipinski definition) is 0. The smallest absolute Gasteiger partial charge is 0.314 e. The van der Waals surface area contributed by atoms with Crippen molar-refractivity contribution in [1.29, 1.82) is 0 Å². The fraction of sp³-hybridized carbons (Fsp3) is 0.500. The molecule has 1 aromatic carbocycles. The van der Waals surface area contributed by atoms with Gasteiger partial charge in [-0.25, -0.2) is 0 Å². The SMILES string of the molecule is COC(=O)C1CCC(C(=O)Oc2ccc(C)cc2)CC1. The van der Waals surface area contributed by atoms with Crippen molar-refractivity contribution in [2.75, 3.05) is 7.11 Å². The van der Waals surface area contributed by atoms with Crippen LogP contribution in [0.4, 0.5) is 0 Å². The summed E-state index contributed by atoms with van der Waals surface area (Å²) in [6, 6.07) is 7.42. The molecule has 1 aliphatic carbocycles. The maximum absolute atomic E-state index is 12.1. The first kappa shape index (κ1) is 14.6. The quantitative estimate of drug-likeness (QED) is 0.629. The fourth-order valence-corrected chi connectivity index (χ4v) is 2.54. The van der Waals surface area contributed by atoms with Crippen LogP contribution >= 0.6 is 0 Å². The van der Waals surface area contributed by atoms with Crippen LogP contribution in [-0.4, -0.2) is 19.0 Å². The Morgan fingerprint density at radius 2 is 1.45 bits per heavy atom. The molecule has 1 saturated carbocycles. The molecule has 0 bridgehead atoms. The van der Waals surface area contributed by atoms with Crippen LogP contribution in [0.3, 0.4) is 0 Å². The molecule has 0 atom stereocenters. The van der Waals surface area contributed by atoms with Crippen molar-refractivity contribution >= 4 is 11.9 Å². The molecule has 1 aromatic rings. The summed E-state index contributed by atoms with van der Waals surface area (Å²) in [6.07, 6.45) is 2.76. The van der Waals surface area contributed by atoms with Crippen LogP contribution in [0.25, 0.3) is 0 Å². The molecule has 0 unspecified atom stereocenters. The third-order valence-corrected chi connectivity index (χ3v) is 3.83. The van der Waals surface area contributed by atoms with Crippen LogP contribution in [0.5, 0.6) is 5.75 Å². The molecule has 108 valence electrons. The number of methoxy groups -OCH3 is 1. The van der Waals surface area contributed by atoms with Crippen molar-refractivity contribution in [2.24, 2.45) is 11.8 Å². The highest BCUT2D eigenvalue weighted by molar-refractivity contribution is 5.76. The highest BCUT2D eigenvalue weighted by Crippen LogP contribution is 2.30. The number of aryl methyl sites for hydroxylation is 1. The first-order valence-electron chi connectivity index (χ1n) is 6.96. The molecule has 0 aromatic heterocycles. The first-order valence-corrected chi connectivity index (χ1v) is 6.96. The van der Waals surface area contributed by atoms with E-state index in [1.54, 1.807) is 12.1 Å². The van der Waals surface area contributed by atoms with E-state index in [1.807, 2.05) is 19.1 Å². The normalized spacial score (nSPS) is 22.1. The lowest BCUT2D eigenvalue weighted by Crippen LogP contribution is -2.29. The Balaban J connectivity index is 1.85. The van der Waals surface area contributed by atoms with Gasteiger partial charge in [0.05, 0.1) is 18.9 Å². The monoisotopic (exact) mass is 276 g/mol. The van der Waals surface area contributed by atoms with Crippen molar-refractivity contribution in [1.82, 2.24) is 0 Å². The molecule has 2 rings (SSSR count). The summed E-state index contributed by atoms with van der Waals surface area (Å²) in [6.45, 7) is 1.99. The summed E-state index contributed by atoms with van der Waals surface area (Å²) >= 11 is 0. The molecule has 0 N–H and O–H groups in total. The van der Waals surface area contributed by atoms with Gasteiger partial charge < -0.3 is 9.47 Å². The van der Waals surface area contributed by atoms with E-state index < -0.39 is 0 Å².